The van der Waals surface area contributed by atoms with E-state index in [2.05, 4.69) is 5.32 Å². The van der Waals surface area contributed by atoms with Crippen molar-refractivity contribution in [1.82, 2.24) is 0 Å². The lowest BCUT2D eigenvalue weighted by atomic mass is 10.0. The molecule has 0 saturated carbocycles. The zero-order valence-electron chi connectivity index (χ0n) is 11.1. The zero-order chi connectivity index (χ0) is 15.1. The van der Waals surface area contributed by atoms with Crippen LogP contribution >= 0.6 is 24.0 Å². The summed E-state index contributed by atoms with van der Waals surface area (Å²) >= 11 is 5.87. The van der Waals surface area contributed by atoms with Crippen molar-refractivity contribution < 1.29 is 15.0 Å². The monoisotopic (exact) mass is 314 g/mol. The fourth-order valence-corrected chi connectivity index (χ4v) is 2.41. The number of hydrogen-bond donors (Lipinski definition) is 4. The van der Waals surface area contributed by atoms with Crippen LogP contribution in [0.25, 0.3) is 0 Å². The maximum Gasteiger partial charge on any atom is 0.185 e. The van der Waals surface area contributed by atoms with Crippen LogP contribution in [0.2, 0.25) is 0 Å². The summed E-state index contributed by atoms with van der Waals surface area (Å²) in [6.07, 6.45) is -1.61. The van der Waals surface area contributed by atoms with E-state index in [1.807, 2.05) is 0 Å². The number of carbonyl (C=O) groups is 1. The van der Waals surface area contributed by atoms with Gasteiger partial charge in [0.25, 0.3) is 0 Å². The summed E-state index contributed by atoms with van der Waals surface area (Å²) in [5, 5.41) is 22.9. The van der Waals surface area contributed by atoms with E-state index in [1.54, 1.807) is 24.3 Å². The Hall–Kier alpha value is -1.15. The van der Waals surface area contributed by atoms with Crippen LogP contribution in [0.4, 0.5) is 5.69 Å². The number of benzene rings is 1. The van der Waals surface area contributed by atoms with Crippen molar-refractivity contribution >= 4 is 39.9 Å². The van der Waals surface area contributed by atoms with E-state index in [-0.39, 0.29) is 10.2 Å². The van der Waals surface area contributed by atoms with Gasteiger partial charge in [-0.2, -0.15) is 0 Å². The molecule has 20 heavy (non-hydrogen) atoms. The van der Waals surface area contributed by atoms with Crippen molar-refractivity contribution in [3.05, 3.63) is 29.8 Å². The van der Waals surface area contributed by atoms with E-state index >= 15 is 0 Å². The molecule has 0 spiro atoms. The first kappa shape index (κ1) is 16.9. The summed E-state index contributed by atoms with van der Waals surface area (Å²) in [7, 11) is 0. The molecular weight excluding hydrogens is 296 g/mol. The first-order valence-electron chi connectivity index (χ1n) is 6.06. The molecule has 0 bridgehead atoms. The van der Waals surface area contributed by atoms with Crippen LogP contribution in [0.5, 0.6) is 0 Å². The third kappa shape index (κ3) is 5.87. The molecule has 1 aromatic rings. The Balaban J connectivity index is 2.63. The van der Waals surface area contributed by atoms with E-state index in [0.717, 1.165) is 11.8 Å². The topological polar surface area (TPSA) is 95.6 Å². The zero-order valence-corrected chi connectivity index (χ0v) is 12.7. The van der Waals surface area contributed by atoms with Crippen molar-refractivity contribution in [1.29, 1.82) is 0 Å². The van der Waals surface area contributed by atoms with E-state index < -0.39 is 12.2 Å². The molecule has 0 aliphatic rings. The Kier molecular flexibility index (Phi) is 6.94. The number of thiocarbonyl (C=S) groups is 1. The van der Waals surface area contributed by atoms with Gasteiger partial charge >= 0.3 is 0 Å². The summed E-state index contributed by atoms with van der Waals surface area (Å²) in [5.74, 6) is 0.471. The standard InChI is InChI=1S/C13H18N2O3S2/c1-8(16)20-6-5-11(17)12(18)9-3-2-4-10(7-9)15-13(14)19/h2-4,7,11-12,17-18H,5-6H2,1H3,(H3,14,15,19). The number of anilines is 1. The van der Waals surface area contributed by atoms with E-state index in [1.165, 1.54) is 6.92 Å². The summed E-state index contributed by atoms with van der Waals surface area (Å²) in [5.41, 5.74) is 6.59. The molecule has 0 amide bonds. The van der Waals surface area contributed by atoms with E-state index in [0.29, 0.717) is 23.4 Å². The number of nitrogens with two attached hydrogens (primary N) is 1. The molecule has 5 N–H and O–H groups in total. The van der Waals surface area contributed by atoms with Gasteiger partial charge < -0.3 is 21.3 Å². The van der Waals surface area contributed by atoms with Gasteiger partial charge in [0.1, 0.15) is 6.10 Å². The lowest BCUT2D eigenvalue weighted by molar-refractivity contribution is -0.109. The normalized spacial score (nSPS) is 13.6. The van der Waals surface area contributed by atoms with Gasteiger partial charge in [0, 0.05) is 18.4 Å². The maximum absolute atomic E-state index is 10.8. The molecule has 2 unspecified atom stereocenters. The molecule has 1 rings (SSSR count). The van der Waals surface area contributed by atoms with Crippen LogP contribution in [-0.4, -0.2) is 32.3 Å². The number of hydrogen-bond acceptors (Lipinski definition) is 5. The largest absolute Gasteiger partial charge is 0.390 e. The van der Waals surface area contributed by atoms with Crippen LogP contribution < -0.4 is 11.1 Å². The Morgan fingerprint density at radius 1 is 1.50 bits per heavy atom. The van der Waals surface area contributed by atoms with Crippen LogP contribution in [0.1, 0.15) is 25.0 Å². The summed E-state index contributed by atoms with van der Waals surface area (Å²) in [6.45, 7) is 1.47. The van der Waals surface area contributed by atoms with Gasteiger partial charge in [-0.1, -0.05) is 23.9 Å². The highest BCUT2D eigenvalue weighted by molar-refractivity contribution is 8.13. The first-order chi connectivity index (χ1) is 9.40. The molecule has 110 valence electrons. The number of aliphatic hydroxyl groups is 2. The summed E-state index contributed by atoms with van der Waals surface area (Å²) in [4.78, 5) is 10.8. The van der Waals surface area contributed by atoms with Gasteiger partial charge in [0.05, 0.1) is 6.10 Å². The van der Waals surface area contributed by atoms with Crippen molar-refractivity contribution in [2.75, 3.05) is 11.1 Å². The molecule has 0 fully saturated rings. The molecule has 1 aromatic carbocycles. The molecule has 0 saturated heterocycles. The predicted molar refractivity (Wildman–Crippen MR) is 85.6 cm³/mol. The van der Waals surface area contributed by atoms with E-state index in [9.17, 15) is 15.0 Å². The van der Waals surface area contributed by atoms with E-state index in [4.69, 9.17) is 18.0 Å². The molecule has 0 aliphatic heterocycles. The van der Waals surface area contributed by atoms with Crippen LogP contribution in [0.15, 0.2) is 24.3 Å². The van der Waals surface area contributed by atoms with Gasteiger partial charge in [-0.3, -0.25) is 4.79 Å². The van der Waals surface area contributed by atoms with Crippen molar-refractivity contribution in [3.8, 4) is 0 Å². The molecule has 0 aromatic heterocycles. The van der Waals surface area contributed by atoms with Crippen molar-refractivity contribution in [2.24, 2.45) is 5.73 Å². The Morgan fingerprint density at radius 2 is 2.20 bits per heavy atom. The maximum atomic E-state index is 10.8. The predicted octanol–water partition coefficient (Wildman–Crippen LogP) is 1.41. The fourth-order valence-electron chi connectivity index (χ4n) is 1.65. The third-order valence-electron chi connectivity index (χ3n) is 2.58. The fraction of sp³-hybridized carbons (Fsp3) is 0.385. The van der Waals surface area contributed by atoms with Gasteiger partial charge in [0.15, 0.2) is 10.2 Å². The van der Waals surface area contributed by atoms with Gasteiger partial charge in [-0.25, -0.2) is 0 Å². The second-order valence-electron chi connectivity index (χ2n) is 4.26. The quantitative estimate of drug-likeness (QED) is 0.590. The number of aliphatic hydroxyl groups excluding tert-OH is 2. The minimum atomic E-state index is -1.02. The van der Waals surface area contributed by atoms with Crippen LogP contribution in [0, 0.1) is 0 Å². The molecule has 0 aliphatic carbocycles. The number of thioether (sulfide) groups is 1. The molecule has 7 heteroatoms. The van der Waals surface area contributed by atoms with Crippen LogP contribution in [-0.2, 0) is 4.79 Å². The second-order valence-corrected chi connectivity index (χ2v) is 5.97. The number of carbonyl (C=O) groups excluding carboxylic acids is 1. The minimum absolute atomic E-state index is 0.00524. The van der Waals surface area contributed by atoms with Crippen molar-refractivity contribution in [3.63, 3.8) is 0 Å². The summed E-state index contributed by atoms with van der Waals surface area (Å²) in [6, 6.07) is 6.87. The van der Waals surface area contributed by atoms with Crippen LogP contribution in [0.3, 0.4) is 0 Å². The third-order valence-corrected chi connectivity index (χ3v) is 3.53. The highest BCUT2D eigenvalue weighted by Gasteiger charge is 2.18. The molecule has 0 radical (unpaired) electrons. The Morgan fingerprint density at radius 3 is 2.80 bits per heavy atom. The Bertz CT molecular complexity index is 482. The van der Waals surface area contributed by atoms with Gasteiger partial charge in [-0.15, -0.1) is 0 Å². The molecule has 2 atom stereocenters. The van der Waals surface area contributed by atoms with Crippen molar-refractivity contribution in [2.45, 2.75) is 25.6 Å². The number of nitrogens with one attached hydrogen (secondary N) is 1. The highest BCUT2D eigenvalue weighted by Crippen LogP contribution is 2.23. The summed E-state index contributed by atoms with van der Waals surface area (Å²) < 4.78 is 0. The van der Waals surface area contributed by atoms with Gasteiger partial charge in [-0.05, 0) is 36.3 Å². The Labute approximate surface area is 127 Å². The number of rotatable bonds is 6. The van der Waals surface area contributed by atoms with Gasteiger partial charge in [0.2, 0.25) is 0 Å². The first-order valence-corrected chi connectivity index (χ1v) is 7.45. The lowest BCUT2D eigenvalue weighted by Crippen LogP contribution is -2.21. The minimum Gasteiger partial charge on any atom is -0.390 e. The second kappa shape index (κ2) is 8.21. The highest BCUT2D eigenvalue weighted by atomic mass is 32.2. The molecular formula is C13H18N2O3S2. The average Bonchev–Trinajstić information content (AvgIpc) is 2.36. The SMILES string of the molecule is CC(=O)SCCC(O)C(O)c1cccc(NC(N)=S)c1. The smallest absolute Gasteiger partial charge is 0.185 e. The molecule has 5 nitrogen and oxygen atoms in total. The average molecular weight is 314 g/mol. The lowest BCUT2D eigenvalue weighted by Gasteiger charge is -2.18. The molecule has 0 heterocycles.